The summed E-state index contributed by atoms with van der Waals surface area (Å²) >= 11 is 0. The highest BCUT2D eigenvalue weighted by atomic mass is 19.4. The van der Waals surface area contributed by atoms with Gasteiger partial charge >= 0.3 is 6.18 Å². The standard InChI is InChI=1S/C21H22F3N7O/c22-21(23,24)16-3-1-14(2-4-16)9-30-10-15(7-25-30)8-29-11-17(12-29)26-20(32)19-13-31(28-27-19)18-5-6-18/h1-4,7,10,13,17-18H,5-6,8-9,11-12H2,(H,26,32). The molecule has 11 heteroatoms. The Bertz CT molecular complexity index is 1100. The first-order valence-electron chi connectivity index (χ1n) is 10.5. The quantitative estimate of drug-likeness (QED) is 0.605. The van der Waals surface area contributed by atoms with E-state index < -0.39 is 11.7 Å². The molecule has 1 aromatic carbocycles. The van der Waals surface area contributed by atoms with Gasteiger partial charge in [0.25, 0.3) is 5.91 Å². The summed E-state index contributed by atoms with van der Waals surface area (Å²) in [7, 11) is 0. The molecule has 1 aliphatic heterocycles. The fourth-order valence-electron chi connectivity index (χ4n) is 3.77. The molecule has 32 heavy (non-hydrogen) atoms. The molecule has 2 aromatic heterocycles. The lowest BCUT2D eigenvalue weighted by Gasteiger charge is -2.39. The Morgan fingerprint density at radius 2 is 1.81 bits per heavy atom. The highest BCUT2D eigenvalue weighted by molar-refractivity contribution is 5.92. The summed E-state index contributed by atoms with van der Waals surface area (Å²) in [5.41, 5.74) is 1.45. The Balaban J connectivity index is 1.07. The van der Waals surface area contributed by atoms with Gasteiger partial charge < -0.3 is 5.32 Å². The second-order valence-electron chi connectivity index (χ2n) is 8.42. The van der Waals surface area contributed by atoms with Crippen molar-refractivity contribution in [1.29, 1.82) is 0 Å². The maximum absolute atomic E-state index is 12.7. The van der Waals surface area contributed by atoms with Gasteiger partial charge in [0.05, 0.1) is 36.6 Å². The summed E-state index contributed by atoms with van der Waals surface area (Å²) in [5, 5.41) is 15.2. The second-order valence-corrected chi connectivity index (χ2v) is 8.42. The fraction of sp³-hybridized carbons (Fsp3) is 0.429. The minimum atomic E-state index is -4.33. The van der Waals surface area contributed by atoms with Crippen LogP contribution in [0.3, 0.4) is 0 Å². The predicted octanol–water partition coefficient (Wildman–Crippen LogP) is 2.49. The monoisotopic (exact) mass is 445 g/mol. The lowest BCUT2D eigenvalue weighted by molar-refractivity contribution is -0.137. The first-order valence-corrected chi connectivity index (χ1v) is 10.5. The van der Waals surface area contributed by atoms with Gasteiger partial charge in [-0.2, -0.15) is 18.3 Å². The van der Waals surface area contributed by atoms with E-state index in [2.05, 4.69) is 25.6 Å². The third-order valence-electron chi connectivity index (χ3n) is 5.68. The Kier molecular flexibility index (Phi) is 5.20. The third-order valence-corrected chi connectivity index (χ3v) is 5.68. The van der Waals surface area contributed by atoms with Crippen LogP contribution >= 0.6 is 0 Å². The van der Waals surface area contributed by atoms with Crippen LogP contribution in [-0.2, 0) is 19.3 Å². The van der Waals surface area contributed by atoms with Crippen LogP contribution in [0.25, 0.3) is 0 Å². The summed E-state index contributed by atoms with van der Waals surface area (Å²) in [5.74, 6) is -0.203. The number of halogens is 3. The first kappa shape index (κ1) is 20.7. The van der Waals surface area contributed by atoms with Crippen LogP contribution in [0.5, 0.6) is 0 Å². The molecule has 1 aliphatic carbocycles. The molecule has 1 saturated heterocycles. The Hall–Kier alpha value is -3.21. The van der Waals surface area contributed by atoms with E-state index in [4.69, 9.17) is 0 Å². The number of carbonyl (C=O) groups is 1. The van der Waals surface area contributed by atoms with Gasteiger partial charge in [0.1, 0.15) is 0 Å². The van der Waals surface area contributed by atoms with Crippen molar-refractivity contribution in [2.24, 2.45) is 0 Å². The van der Waals surface area contributed by atoms with Gasteiger partial charge in [-0.1, -0.05) is 17.3 Å². The molecule has 0 radical (unpaired) electrons. The van der Waals surface area contributed by atoms with Gasteiger partial charge in [0.15, 0.2) is 5.69 Å². The number of hydrogen-bond acceptors (Lipinski definition) is 5. The molecular formula is C21H22F3N7O. The number of alkyl halides is 3. The highest BCUT2D eigenvalue weighted by Gasteiger charge is 2.31. The number of amides is 1. The average Bonchev–Trinajstić information content (AvgIpc) is 3.28. The molecule has 0 unspecified atom stereocenters. The van der Waals surface area contributed by atoms with Crippen molar-refractivity contribution in [3.8, 4) is 0 Å². The van der Waals surface area contributed by atoms with E-state index in [1.54, 1.807) is 21.8 Å². The number of hydrogen-bond donors (Lipinski definition) is 1. The van der Waals surface area contributed by atoms with Crippen LogP contribution in [-0.4, -0.2) is 54.7 Å². The lowest BCUT2D eigenvalue weighted by Crippen LogP contribution is -2.58. The van der Waals surface area contributed by atoms with Gasteiger partial charge in [-0.15, -0.1) is 5.10 Å². The molecule has 0 atom stereocenters. The normalized spacial score (nSPS) is 17.3. The molecule has 3 heterocycles. The molecule has 0 spiro atoms. The number of likely N-dealkylation sites (tertiary alicyclic amines) is 1. The lowest BCUT2D eigenvalue weighted by atomic mass is 10.1. The number of nitrogens with zero attached hydrogens (tertiary/aromatic N) is 6. The molecule has 5 rings (SSSR count). The molecule has 3 aromatic rings. The number of rotatable bonds is 7. The predicted molar refractivity (Wildman–Crippen MR) is 108 cm³/mol. The molecule has 168 valence electrons. The highest BCUT2D eigenvalue weighted by Crippen LogP contribution is 2.33. The number of aromatic nitrogens is 5. The van der Waals surface area contributed by atoms with Crippen molar-refractivity contribution >= 4 is 5.91 Å². The van der Waals surface area contributed by atoms with Crippen LogP contribution < -0.4 is 5.32 Å². The first-order chi connectivity index (χ1) is 15.3. The van der Waals surface area contributed by atoms with Crippen LogP contribution in [0.15, 0.2) is 42.9 Å². The van der Waals surface area contributed by atoms with Gasteiger partial charge in [0.2, 0.25) is 0 Å². The van der Waals surface area contributed by atoms with Crippen LogP contribution in [0.4, 0.5) is 13.2 Å². The van der Waals surface area contributed by atoms with Crippen molar-refractivity contribution < 1.29 is 18.0 Å². The summed E-state index contributed by atoms with van der Waals surface area (Å²) in [4.78, 5) is 14.5. The van der Waals surface area contributed by atoms with E-state index in [9.17, 15) is 18.0 Å². The number of nitrogens with one attached hydrogen (secondary N) is 1. The van der Waals surface area contributed by atoms with Crippen molar-refractivity contribution in [3.05, 3.63) is 65.2 Å². The van der Waals surface area contributed by atoms with Gasteiger partial charge in [-0.05, 0) is 30.5 Å². The minimum absolute atomic E-state index is 0.0655. The van der Waals surface area contributed by atoms with E-state index in [0.29, 0.717) is 24.8 Å². The van der Waals surface area contributed by atoms with Crippen molar-refractivity contribution in [3.63, 3.8) is 0 Å². The van der Waals surface area contributed by atoms with Crippen molar-refractivity contribution in [2.45, 2.75) is 44.2 Å². The Morgan fingerprint density at radius 1 is 1.06 bits per heavy atom. The van der Waals surface area contributed by atoms with E-state index in [0.717, 1.165) is 49.2 Å². The molecule has 1 amide bonds. The fourth-order valence-corrected chi connectivity index (χ4v) is 3.77. The molecule has 2 aliphatic rings. The summed E-state index contributed by atoms with van der Waals surface area (Å²) in [6.45, 7) is 2.55. The zero-order valence-electron chi connectivity index (χ0n) is 17.2. The van der Waals surface area contributed by atoms with E-state index in [-0.39, 0.29) is 11.9 Å². The van der Waals surface area contributed by atoms with Gasteiger partial charge in [0, 0.05) is 31.4 Å². The van der Waals surface area contributed by atoms with E-state index in [1.165, 1.54) is 12.1 Å². The summed E-state index contributed by atoms with van der Waals surface area (Å²) < 4.78 is 41.5. The van der Waals surface area contributed by atoms with E-state index in [1.807, 2.05) is 6.20 Å². The van der Waals surface area contributed by atoms with Gasteiger partial charge in [-0.3, -0.25) is 14.4 Å². The number of carbonyl (C=O) groups excluding carboxylic acids is 1. The molecule has 1 saturated carbocycles. The molecule has 2 fully saturated rings. The zero-order chi connectivity index (χ0) is 22.3. The SMILES string of the molecule is O=C(NC1CN(Cc2cnn(Cc3ccc(C(F)(F)F)cc3)c2)C1)c1cn(C2CC2)nn1. The molecule has 0 bridgehead atoms. The molecule has 8 nitrogen and oxygen atoms in total. The maximum Gasteiger partial charge on any atom is 0.416 e. The molecular weight excluding hydrogens is 423 g/mol. The smallest absolute Gasteiger partial charge is 0.345 e. The maximum atomic E-state index is 12.7. The molecule has 1 N–H and O–H groups in total. The topological polar surface area (TPSA) is 80.9 Å². The average molecular weight is 445 g/mol. The Labute approximate surface area is 182 Å². The zero-order valence-corrected chi connectivity index (χ0v) is 17.2. The number of benzene rings is 1. The summed E-state index contributed by atoms with van der Waals surface area (Å²) in [6, 6.07) is 5.56. The van der Waals surface area contributed by atoms with Crippen LogP contribution in [0.1, 0.15) is 46.1 Å². The summed E-state index contributed by atoms with van der Waals surface area (Å²) in [6.07, 6.45) is 3.19. The van der Waals surface area contributed by atoms with Crippen LogP contribution in [0.2, 0.25) is 0 Å². The van der Waals surface area contributed by atoms with Gasteiger partial charge in [-0.25, -0.2) is 4.68 Å². The van der Waals surface area contributed by atoms with E-state index >= 15 is 0 Å². The Morgan fingerprint density at radius 3 is 2.50 bits per heavy atom. The minimum Gasteiger partial charge on any atom is -0.345 e. The second kappa shape index (κ2) is 8.05. The van der Waals surface area contributed by atoms with Crippen molar-refractivity contribution in [2.75, 3.05) is 13.1 Å². The third kappa shape index (κ3) is 4.67. The van der Waals surface area contributed by atoms with Crippen molar-refractivity contribution in [1.82, 2.24) is 35.0 Å². The largest absolute Gasteiger partial charge is 0.416 e. The van der Waals surface area contributed by atoms with Crippen LogP contribution in [0, 0.1) is 0 Å².